The number of hydrogen-bond acceptors (Lipinski definition) is 5. The first kappa shape index (κ1) is 27.2. The van der Waals surface area contributed by atoms with Crippen LogP contribution in [0.4, 0.5) is 15.8 Å². The van der Waals surface area contributed by atoms with E-state index in [1.165, 1.54) is 12.1 Å². The van der Waals surface area contributed by atoms with Crippen molar-refractivity contribution >= 4 is 33.2 Å². The fourth-order valence-electron chi connectivity index (χ4n) is 5.67. The number of ether oxygens (including phenoxy) is 1. The van der Waals surface area contributed by atoms with E-state index in [0.717, 1.165) is 38.9 Å². The molecule has 0 amide bonds. The summed E-state index contributed by atoms with van der Waals surface area (Å²) in [6, 6.07) is 32.7. The van der Waals surface area contributed by atoms with Gasteiger partial charge in [-0.05, 0) is 71.6 Å². The molecule has 1 aliphatic rings. The number of hydrogen-bond donors (Lipinski definition) is 0. The van der Waals surface area contributed by atoms with Crippen molar-refractivity contribution in [2.45, 2.75) is 26.2 Å². The molecule has 0 saturated heterocycles. The molecule has 0 fully saturated rings. The summed E-state index contributed by atoms with van der Waals surface area (Å²) < 4.78 is 23.3. The van der Waals surface area contributed by atoms with Crippen LogP contribution in [0.1, 0.15) is 31.9 Å². The highest BCUT2D eigenvalue weighted by atomic mass is 19.1. The van der Waals surface area contributed by atoms with Gasteiger partial charge in [0, 0.05) is 58.9 Å². The van der Waals surface area contributed by atoms with Crippen molar-refractivity contribution in [2.75, 3.05) is 16.5 Å². The van der Waals surface area contributed by atoms with Crippen LogP contribution in [0.3, 0.4) is 0 Å². The second-order valence-electron chi connectivity index (χ2n) is 12.0. The summed E-state index contributed by atoms with van der Waals surface area (Å²) in [5, 5.41) is 11.5. The van der Waals surface area contributed by atoms with E-state index in [1.54, 1.807) is 0 Å². The normalized spacial score (nSPS) is 13.2. The number of nitrogens with zero attached hydrogens (tertiary/aromatic N) is 5. The van der Waals surface area contributed by atoms with Crippen molar-refractivity contribution in [2.24, 2.45) is 0 Å². The zero-order valence-electron chi connectivity index (χ0n) is 24.7. The van der Waals surface area contributed by atoms with Crippen LogP contribution in [0.15, 0.2) is 116 Å². The van der Waals surface area contributed by atoms with Crippen molar-refractivity contribution in [3.63, 3.8) is 0 Å². The van der Waals surface area contributed by atoms with E-state index in [-0.39, 0.29) is 11.2 Å². The number of fused-ring (bicyclic) bond motifs is 3. The lowest BCUT2D eigenvalue weighted by Gasteiger charge is -2.22. The van der Waals surface area contributed by atoms with Crippen LogP contribution in [-0.4, -0.2) is 16.2 Å². The Morgan fingerprint density at radius 2 is 1.57 bits per heavy atom. The van der Waals surface area contributed by atoms with Gasteiger partial charge in [0.2, 0.25) is 0 Å². The molecule has 7 heteroatoms. The minimum absolute atomic E-state index is 0.0591. The van der Waals surface area contributed by atoms with Crippen molar-refractivity contribution in [3.05, 3.63) is 133 Å². The molecule has 0 saturated carbocycles. The van der Waals surface area contributed by atoms with E-state index in [4.69, 9.17) is 9.72 Å². The predicted octanol–water partition coefficient (Wildman–Crippen LogP) is 9.03. The number of aromatic nitrogens is 2. The lowest BCUT2D eigenvalue weighted by molar-refractivity contribution is 0.477. The molecule has 0 N–H and O–H groups in total. The highest BCUT2D eigenvalue weighted by molar-refractivity contribution is 6.10. The SMILES string of the molecule is CC(C)(C)c1ccnc(-n2c3ccc(C#N)cc3c3ccc(Oc4cc(F)cc(N5C=CN(c6ccccc6)C5)c4)cc32)c1. The Kier molecular flexibility index (Phi) is 6.55. The van der Waals surface area contributed by atoms with E-state index in [1.807, 2.05) is 102 Å². The number of benzene rings is 4. The molecule has 0 unspecified atom stereocenters. The van der Waals surface area contributed by atoms with Gasteiger partial charge in [0.25, 0.3) is 0 Å². The molecule has 1 aliphatic heterocycles. The standard InChI is InChI=1S/C37H30FN5O/c1-37(2,3)26-13-14-40-36(18-26)43-34-12-9-25(23-39)17-33(34)32-11-10-30(22-35(32)43)44-31-20-27(38)19-29(21-31)42-16-15-41(24-42)28-7-5-4-6-8-28/h4-22H,24H2,1-3H3. The Labute approximate surface area is 255 Å². The smallest absolute Gasteiger partial charge is 0.137 e. The molecule has 4 aromatic carbocycles. The quantitative estimate of drug-likeness (QED) is 0.204. The van der Waals surface area contributed by atoms with Gasteiger partial charge in [0.05, 0.1) is 29.3 Å². The Hall–Kier alpha value is -5.61. The second kappa shape index (κ2) is 10.6. The van der Waals surface area contributed by atoms with Gasteiger partial charge in [-0.25, -0.2) is 9.37 Å². The third-order valence-electron chi connectivity index (χ3n) is 7.95. The van der Waals surface area contributed by atoms with E-state index >= 15 is 0 Å². The number of halogens is 1. The van der Waals surface area contributed by atoms with Gasteiger partial charge in [-0.3, -0.25) is 4.57 Å². The third-order valence-corrected chi connectivity index (χ3v) is 7.95. The lowest BCUT2D eigenvalue weighted by Crippen LogP contribution is -2.24. The summed E-state index contributed by atoms with van der Waals surface area (Å²) in [5.74, 6) is 1.35. The largest absolute Gasteiger partial charge is 0.457 e. The molecule has 3 heterocycles. The maximum atomic E-state index is 14.9. The summed E-state index contributed by atoms with van der Waals surface area (Å²) >= 11 is 0. The molecule has 0 bridgehead atoms. The summed E-state index contributed by atoms with van der Waals surface area (Å²) in [7, 11) is 0. The molecule has 6 nitrogen and oxygen atoms in total. The van der Waals surface area contributed by atoms with Crippen LogP contribution in [-0.2, 0) is 5.41 Å². The van der Waals surface area contributed by atoms with Crippen molar-refractivity contribution in [1.82, 2.24) is 9.55 Å². The molecule has 216 valence electrons. The number of nitriles is 1. The maximum Gasteiger partial charge on any atom is 0.137 e. The van der Waals surface area contributed by atoms with Gasteiger partial charge in [0.1, 0.15) is 23.1 Å². The van der Waals surface area contributed by atoms with Crippen molar-refractivity contribution in [3.8, 4) is 23.4 Å². The van der Waals surface area contributed by atoms with Crippen molar-refractivity contribution < 1.29 is 9.13 Å². The van der Waals surface area contributed by atoms with Crippen LogP contribution < -0.4 is 14.5 Å². The number of anilines is 2. The van der Waals surface area contributed by atoms with Crippen LogP contribution >= 0.6 is 0 Å². The van der Waals surface area contributed by atoms with Gasteiger partial charge in [-0.1, -0.05) is 39.0 Å². The maximum absolute atomic E-state index is 14.9. The summed E-state index contributed by atoms with van der Waals surface area (Å²) in [6.07, 6.45) is 5.75. The van der Waals surface area contributed by atoms with E-state index in [2.05, 4.69) is 42.4 Å². The van der Waals surface area contributed by atoms with E-state index in [0.29, 0.717) is 29.4 Å². The molecule has 6 aromatic rings. The third kappa shape index (κ3) is 5.01. The molecule has 0 aliphatic carbocycles. The highest BCUT2D eigenvalue weighted by Crippen LogP contribution is 2.37. The molecular weight excluding hydrogens is 549 g/mol. The second-order valence-corrected chi connectivity index (χ2v) is 12.0. The van der Waals surface area contributed by atoms with Gasteiger partial charge in [0.15, 0.2) is 0 Å². The minimum atomic E-state index is -0.383. The Morgan fingerprint density at radius 1 is 0.773 bits per heavy atom. The van der Waals surface area contributed by atoms with Gasteiger partial charge in [-0.2, -0.15) is 5.26 Å². The van der Waals surface area contributed by atoms with Gasteiger partial charge < -0.3 is 14.5 Å². The Bertz CT molecular complexity index is 2100. The first-order chi connectivity index (χ1) is 21.3. The average Bonchev–Trinajstić information content (AvgIpc) is 3.64. The highest BCUT2D eigenvalue weighted by Gasteiger charge is 2.20. The fraction of sp³-hybridized carbons (Fsp3) is 0.135. The molecule has 2 aromatic heterocycles. The average molecular weight is 580 g/mol. The van der Waals surface area contributed by atoms with Crippen molar-refractivity contribution in [1.29, 1.82) is 5.26 Å². The summed E-state index contributed by atoms with van der Waals surface area (Å²) in [5.41, 5.74) is 5.26. The number of pyridine rings is 1. The summed E-state index contributed by atoms with van der Waals surface area (Å²) in [6.45, 7) is 7.08. The zero-order chi connectivity index (χ0) is 30.4. The van der Waals surface area contributed by atoms with Crippen LogP contribution in [0.2, 0.25) is 0 Å². The minimum Gasteiger partial charge on any atom is -0.457 e. The van der Waals surface area contributed by atoms with Crippen LogP contribution in [0, 0.1) is 17.1 Å². The predicted molar refractivity (Wildman–Crippen MR) is 174 cm³/mol. The Morgan fingerprint density at radius 3 is 2.34 bits per heavy atom. The molecule has 0 spiro atoms. The zero-order valence-corrected chi connectivity index (χ0v) is 24.7. The first-order valence-corrected chi connectivity index (χ1v) is 14.5. The van der Waals surface area contributed by atoms with E-state index < -0.39 is 0 Å². The first-order valence-electron chi connectivity index (χ1n) is 14.5. The van der Waals surface area contributed by atoms with Crippen LogP contribution in [0.25, 0.3) is 27.6 Å². The summed E-state index contributed by atoms with van der Waals surface area (Å²) in [4.78, 5) is 8.81. The lowest BCUT2D eigenvalue weighted by atomic mass is 9.88. The molecule has 0 radical (unpaired) electrons. The molecule has 44 heavy (non-hydrogen) atoms. The fourth-order valence-corrected chi connectivity index (χ4v) is 5.67. The van der Waals surface area contributed by atoms with E-state index in [9.17, 15) is 9.65 Å². The molecule has 7 rings (SSSR count). The molecular formula is C37H30FN5O. The Balaban J connectivity index is 1.27. The number of rotatable bonds is 5. The monoisotopic (exact) mass is 579 g/mol. The van der Waals surface area contributed by atoms with Gasteiger partial charge in [-0.15, -0.1) is 0 Å². The van der Waals surface area contributed by atoms with Crippen LogP contribution in [0.5, 0.6) is 11.5 Å². The molecule has 0 atom stereocenters. The number of para-hydroxylation sites is 1. The van der Waals surface area contributed by atoms with Gasteiger partial charge >= 0.3 is 0 Å². The topological polar surface area (TPSA) is 57.3 Å².